The van der Waals surface area contributed by atoms with Crippen molar-refractivity contribution in [2.75, 3.05) is 10.8 Å². The number of carbonyl (C=O) groups is 2. The van der Waals surface area contributed by atoms with Crippen LogP contribution in [-0.4, -0.2) is 43.8 Å². The number of nitrogens with zero attached hydrogens (tertiary/aromatic N) is 2. The zero-order valence-corrected chi connectivity index (χ0v) is 28.5. The lowest BCUT2D eigenvalue weighted by Gasteiger charge is -2.34. The molecule has 1 N–H and O–H groups in total. The van der Waals surface area contributed by atoms with Crippen LogP contribution in [0.5, 0.6) is 0 Å². The maximum atomic E-state index is 14.6. The number of anilines is 1. The van der Waals surface area contributed by atoms with E-state index in [2.05, 4.69) is 5.32 Å². The Balaban J connectivity index is 1.82. The summed E-state index contributed by atoms with van der Waals surface area (Å²) in [6.45, 7) is 11.3. The Labute approximate surface area is 274 Å². The van der Waals surface area contributed by atoms with Gasteiger partial charge >= 0.3 is 0 Å². The molecule has 0 heterocycles. The molecule has 4 rings (SSSR count). The first kappa shape index (κ1) is 34.4. The monoisotopic (exact) mass is 639 g/mol. The second-order valence-electron chi connectivity index (χ2n) is 12.1. The summed E-state index contributed by atoms with van der Waals surface area (Å²) in [7, 11) is -4.15. The quantitative estimate of drug-likeness (QED) is 0.177. The number of aryl methyl sites for hydroxylation is 4. The fourth-order valence-electron chi connectivity index (χ4n) is 5.13. The van der Waals surface area contributed by atoms with Gasteiger partial charge in [-0.1, -0.05) is 90.8 Å². The molecule has 0 saturated carbocycles. The van der Waals surface area contributed by atoms with Crippen molar-refractivity contribution in [3.8, 4) is 0 Å². The predicted octanol–water partition coefficient (Wildman–Crippen LogP) is 6.67. The lowest BCUT2D eigenvalue weighted by atomic mass is 10.0. The number of sulfonamides is 1. The molecule has 242 valence electrons. The molecule has 0 aliphatic heterocycles. The van der Waals surface area contributed by atoms with E-state index in [1.54, 1.807) is 36.4 Å². The van der Waals surface area contributed by atoms with E-state index in [4.69, 9.17) is 0 Å². The lowest BCUT2D eigenvalue weighted by molar-refractivity contribution is -0.140. The van der Waals surface area contributed by atoms with Crippen LogP contribution in [0.2, 0.25) is 0 Å². The van der Waals surface area contributed by atoms with Crippen LogP contribution in [0.1, 0.15) is 53.6 Å². The summed E-state index contributed by atoms with van der Waals surface area (Å²) in [6.07, 6.45) is 1.00. The van der Waals surface area contributed by atoms with Gasteiger partial charge in [0.1, 0.15) is 12.6 Å². The third-order valence-corrected chi connectivity index (χ3v) is 10.2. The average molecular weight is 640 g/mol. The highest BCUT2D eigenvalue weighted by Crippen LogP contribution is 2.27. The number of nitrogens with one attached hydrogen (secondary N) is 1. The second-order valence-corrected chi connectivity index (χ2v) is 14.0. The Bertz CT molecular complexity index is 1740. The number of carbonyl (C=O) groups excluding carboxylic acids is 2. The Morgan fingerprint density at radius 1 is 0.761 bits per heavy atom. The Hall–Kier alpha value is -4.43. The first-order valence-corrected chi connectivity index (χ1v) is 17.2. The van der Waals surface area contributed by atoms with Gasteiger partial charge in [-0.15, -0.1) is 0 Å². The van der Waals surface area contributed by atoms with Gasteiger partial charge < -0.3 is 10.2 Å². The third-order valence-electron chi connectivity index (χ3n) is 8.41. The molecule has 0 aliphatic rings. The second kappa shape index (κ2) is 15.2. The van der Waals surface area contributed by atoms with Gasteiger partial charge in [0, 0.05) is 19.0 Å². The molecule has 8 heteroatoms. The highest BCUT2D eigenvalue weighted by atomic mass is 32.2. The summed E-state index contributed by atoms with van der Waals surface area (Å²) in [5.41, 5.74) is 6.03. The van der Waals surface area contributed by atoms with Crippen molar-refractivity contribution in [2.24, 2.45) is 0 Å². The standard InChI is InChI=1S/C38H45N3O4S/c1-7-31(6)39-38(43)36(24-32-11-9-8-10-12-32)40(25-33-18-13-27(2)14-19-33)37(42)26-41(34-20-17-29(4)30(5)23-34)46(44,45)35-21-15-28(3)16-22-35/h8-23,31,36H,7,24-26H2,1-6H3,(H,39,43)/t31-,36+/m1/s1. The molecule has 2 amide bonds. The molecule has 0 fully saturated rings. The first-order valence-electron chi connectivity index (χ1n) is 15.7. The van der Waals surface area contributed by atoms with Crippen LogP contribution in [0.15, 0.2) is 102 Å². The molecule has 0 aliphatic carbocycles. The topological polar surface area (TPSA) is 86.8 Å². The van der Waals surface area contributed by atoms with Crippen molar-refractivity contribution in [1.29, 1.82) is 0 Å². The zero-order valence-electron chi connectivity index (χ0n) is 27.7. The van der Waals surface area contributed by atoms with Crippen LogP contribution in [0.4, 0.5) is 5.69 Å². The van der Waals surface area contributed by atoms with E-state index in [1.807, 2.05) is 102 Å². The molecule has 4 aromatic rings. The molecule has 0 radical (unpaired) electrons. The van der Waals surface area contributed by atoms with E-state index in [0.717, 1.165) is 39.8 Å². The van der Waals surface area contributed by atoms with Crippen LogP contribution in [-0.2, 0) is 32.6 Å². The van der Waals surface area contributed by atoms with Crippen LogP contribution >= 0.6 is 0 Å². The summed E-state index contributed by atoms with van der Waals surface area (Å²) in [6, 6.07) is 28.4. The van der Waals surface area contributed by atoms with Crippen molar-refractivity contribution >= 4 is 27.5 Å². The molecule has 0 bridgehead atoms. The van der Waals surface area contributed by atoms with Crippen molar-refractivity contribution in [1.82, 2.24) is 10.2 Å². The van der Waals surface area contributed by atoms with E-state index >= 15 is 0 Å². The van der Waals surface area contributed by atoms with E-state index in [9.17, 15) is 18.0 Å². The summed E-state index contributed by atoms with van der Waals surface area (Å²) in [5, 5.41) is 3.08. The molecule has 0 unspecified atom stereocenters. The Kier molecular flexibility index (Phi) is 11.4. The van der Waals surface area contributed by atoms with Gasteiger partial charge in [0.25, 0.3) is 10.0 Å². The molecular formula is C38H45N3O4S. The molecule has 0 spiro atoms. The fourth-order valence-corrected chi connectivity index (χ4v) is 6.54. The van der Waals surface area contributed by atoms with Gasteiger partial charge in [-0.25, -0.2) is 8.42 Å². The molecule has 4 aromatic carbocycles. The van der Waals surface area contributed by atoms with Crippen molar-refractivity contribution in [3.05, 3.63) is 130 Å². The van der Waals surface area contributed by atoms with Crippen LogP contribution in [0, 0.1) is 27.7 Å². The molecule has 46 heavy (non-hydrogen) atoms. The highest BCUT2D eigenvalue weighted by molar-refractivity contribution is 7.92. The van der Waals surface area contributed by atoms with E-state index in [1.165, 1.54) is 9.21 Å². The molecule has 7 nitrogen and oxygen atoms in total. The summed E-state index contributed by atoms with van der Waals surface area (Å²) >= 11 is 0. The molecule has 2 atom stereocenters. The number of benzene rings is 4. The molecule has 0 saturated heterocycles. The lowest BCUT2D eigenvalue weighted by Crippen LogP contribution is -2.54. The number of hydrogen-bond donors (Lipinski definition) is 1. The summed E-state index contributed by atoms with van der Waals surface area (Å²) in [4.78, 5) is 30.2. The van der Waals surface area contributed by atoms with Gasteiger partial charge in [-0.2, -0.15) is 0 Å². The van der Waals surface area contributed by atoms with Gasteiger partial charge in [-0.3, -0.25) is 13.9 Å². The molecular weight excluding hydrogens is 595 g/mol. The maximum absolute atomic E-state index is 14.6. The van der Waals surface area contributed by atoms with Gasteiger partial charge in [0.05, 0.1) is 10.6 Å². The van der Waals surface area contributed by atoms with Crippen LogP contribution in [0.3, 0.4) is 0 Å². The number of amides is 2. The van der Waals surface area contributed by atoms with Gasteiger partial charge in [0.2, 0.25) is 11.8 Å². The summed E-state index contributed by atoms with van der Waals surface area (Å²) in [5.74, 6) is -0.757. The van der Waals surface area contributed by atoms with E-state index in [-0.39, 0.29) is 29.8 Å². The Morgan fingerprint density at radius 3 is 1.96 bits per heavy atom. The minimum Gasteiger partial charge on any atom is -0.352 e. The summed E-state index contributed by atoms with van der Waals surface area (Å²) < 4.78 is 29.7. The predicted molar refractivity (Wildman–Crippen MR) is 185 cm³/mol. The van der Waals surface area contributed by atoms with Crippen molar-refractivity contribution in [2.45, 2.75) is 77.9 Å². The molecule has 0 aromatic heterocycles. The van der Waals surface area contributed by atoms with Crippen molar-refractivity contribution < 1.29 is 18.0 Å². The normalized spacial score (nSPS) is 12.7. The van der Waals surface area contributed by atoms with E-state index in [0.29, 0.717) is 5.69 Å². The SMILES string of the molecule is CC[C@@H](C)NC(=O)[C@H](Cc1ccccc1)N(Cc1ccc(C)cc1)C(=O)CN(c1ccc(C)c(C)c1)S(=O)(=O)c1ccc(C)cc1. The number of rotatable bonds is 13. The Morgan fingerprint density at radius 2 is 1.37 bits per heavy atom. The minimum atomic E-state index is -4.15. The zero-order chi connectivity index (χ0) is 33.4. The van der Waals surface area contributed by atoms with Crippen LogP contribution in [0.25, 0.3) is 0 Å². The van der Waals surface area contributed by atoms with Gasteiger partial charge in [-0.05, 0) is 87.6 Å². The van der Waals surface area contributed by atoms with Crippen molar-refractivity contribution in [3.63, 3.8) is 0 Å². The average Bonchev–Trinajstić information content (AvgIpc) is 3.04. The largest absolute Gasteiger partial charge is 0.352 e. The fraction of sp³-hybridized carbons (Fsp3) is 0.316. The van der Waals surface area contributed by atoms with E-state index < -0.39 is 28.5 Å². The minimum absolute atomic E-state index is 0.0876. The van der Waals surface area contributed by atoms with Crippen LogP contribution < -0.4 is 9.62 Å². The third kappa shape index (κ3) is 8.63. The van der Waals surface area contributed by atoms with Gasteiger partial charge in [0.15, 0.2) is 0 Å². The maximum Gasteiger partial charge on any atom is 0.264 e. The highest BCUT2D eigenvalue weighted by Gasteiger charge is 2.35. The first-order chi connectivity index (χ1) is 21.9. The number of hydrogen-bond acceptors (Lipinski definition) is 4. The smallest absolute Gasteiger partial charge is 0.264 e.